The van der Waals surface area contributed by atoms with Gasteiger partial charge in [-0.15, -0.1) is 23.2 Å². The number of hydrogen-bond donors (Lipinski definition) is 1. The maximum Gasteiger partial charge on any atom is 0.231 e. The van der Waals surface area contributed by atoms with Gasteiger partial charge < -0.3 is 10.0 Å². The zero-order valence-corrected chi connectivity index (χ0v) is 9.19. The SMILES string of the molecule is CN(CCO)C(=O)C1(C)CC1(Cl)Cl. The Hall–Kier alpha value is 0.01000. The van der Waals surface area contributed by atoms with Gasteiger partial charge in [-0.05, 0) is 13.3 Å². The molecule has 1 fully saturated rings. The van der Waals surface area contributed by atoms with Crippen LogP contribution in [0.25, 0.3) is 0 Å². The summed E-state index contributed by atoms with van der Waals surface area (Å²) in [6, 6.07) is 0. The molecular formula is C8H13Cl2NO2. The number of rotatable bonds is 3. The molecule has 0 aromatic carbocycles. The van der Waals surface area contributed by atoms with Crippen molar-refractivity contribution in [3.8, 4) is 0 Å². The van der Waals surface area contributed by atoms with Gasteiger partial charge in [-0.25, -0.2) is 0 Å². The van der Waals surface area contributed by atoms with E-state index in [1.165, 1.54) is 4.90 Å². The third-order valence-corrected chi connectivity index (χ3v) is 3.61. The number of carbonyl (C=O) groups is 1. The molecule has 1 unspecified atom stereocenters. The Balaban J connectivity index is 2.60. The standard InChI is InChI=1S/C8H13Cl2NO2/c1-7(5-8(7,9)10)6(13)11(2)3-4-12/h12H,3-5H2,1-2H3. The average molecular weight is 226 g/mol. The predicted octanol–water partition coefficient (Wildman–Crippen LogP) is 1.02. The topological polar surface area (TPSA) is 40.5 Å². The van der Waals surface area contributed by atoms with Crippen LogP contribution in [0.3, 0.4) is 0 Å². The monoisotopic (exact) mass is 225 g/mol. The largest absolute Gasteiger partial charge is 0.395 e. The number of aliphatic hydroxyl groups is 1. The van der Waals surface area contributed by atoms with Gasteiger partial charge in [-0.3, -0.25) is 4.79 Å². The molecule has 1 amide bonds. The summed E-state index contributed by atoms with van der Waals surface area (Å²) in [5.74, 6) is -0.105. The predicted molar refractivity (Wildman–Crippen MR) is 51.9 cm³/mol. The van der Waals surface area contributed by atoms with Gasteiger partial charge in [0.25, 0.3) is 0 Å². The lowest BCUT2D eigenvalue weighted by atomic mass is 10.1. The third-order valence-electron chi connectivity index (χ3n) is 2.51. The van der Waals surface area contributed by atoms with Gasteiger partial charge in [0, 0.05) is 13.6 Å². The zero-order valence-electron chi connectivity index (χ0n) is 7.68. The van der Waals surface area contributed by atoms with Crippen LogP contribution in [-0.4, -0.2) is 40.4 Å². The Morgan fingerprint density at radius 2 is 2.08 bits per heavy atom. The molecule has 0 bridgehead atoms. The molecule has 0 spiro atoms. The number of nitrogens with zero attached hydrogens (tertiary/aromatic N) is 1. The first kappa shape index (κ1) is 11.1. The van der Waals surface area contributed by atoms with E-state index in [9.17, 15) is 4.79 Å². The van der Waals surface area contributed by atoms with Crippen molar-refractivity contribution in [2.24, 2.45) is 5.41 Å². The first-order valence-electron chi connectivity index (χ1n) is 4.09. The van der Waals surface area contributed by atoms with E-state index in [2.05, 4.69) is 0 Å². The van der Waals surface area contributed by atoms with Gasteiger partial charge in [-0.2, -0.15) is 0 Å². The van der Waals surface area contributed by atoms with Gasteiger partial charge in [-0.1, -0.05) is 0 Å². The first-order chi connectivity index (χ1) is 5.85. The highest BCUT2D eigenvalue weighted by atomic mass is 35.5. The Morgan fingerprint density at radius 1 is 1.62 bits per heavy atom. The molecule has 1 N–H and O–H groups in total. The minimum atomic E-state index is -0.923. The fraction of sp³-hybridized carbons (Fsp3) is 0.875. The van der Waals surface area contributed by atoms with E-state index in [4.69, 9.17) is 28.3 Å². The number of carbonyl (C=O) groups excluding carboxylic acids is 1. The minimum absolute atomic E-state index is 0.0457. The van der Waals surface area contributed by atoms with Crippen molar-refractivity contribution < 1.29 is 9.90 Å². The fourth-order valence-electron chi connectivity index (χ4n) is 1.30. The molecule has 1 atom stereocenters. The van der Waals surface area contributed by atoms with Crippen LogP contribution in [-0.2, 0) is 4.79 Å². The molecule has 1 aliphatic rings. The first-order valence-corrected chi connectivity index (χ1v) is 4.85. The van der Waals surface area contributed by atoms with E-state index in [1.807, 2.05) is 0 Å². The quantitative estimate of drug-likeness (QED) is 0.730. The van der Waals surface area contributed by atoms with E-state index in [0.717, 1.165) is 0 Å². The molecule has 3 nitrogen and oxygen atoms in total. The van der Waals surface area contributed by atoms with Crippen LogP contribution in [0.1, 0.15) is 13.3 Å². The molecule has 0 aromatic heterocycles. The van der Waals surface area contributed by atoms with Crippen LogP contribution in [0, 0.1) is 5.41 Å². The average Bonchev–Trinajstić information content (AvgIpc) is 2.52. The molecule has 0 aliphatic heterocycles. The lowest BCUT2D eigenvalue weighted by Gasteiger charge is -2.21. The molecule has 0 heterocycles. The van der Waals surface area contributed by atoms with E-state index in [1.54, 1.807) is 14.0 Å². The van der Waals surface area contributed by atoms with Gasteiger partial charge in [0.1, 0.15) is 4.33 Å². The molecule has 0 aromatic rings. The van der Waals surface area contributed by atoms with E-state index >= 15 is 0 Å². The number of alkyl halides is 2. The van der Waals surface area contributed by atoms with Crippen molar-refractivity contribution >= 4 is 29.1 Å². The van der Waals surface area contributed by atoms with Gasteiger partial charge >= 0.3 is 0 Å². The summed E-state index contributed by atoms with van der Waals surface area (Å²) in [7, 11) is 1.63. The van der Waals surface area contributed by atoms with Crippen molar-refractivity contribution in [1.29, 1.82) is 0 Å². The number of halogens is 2. The van der Waals surface area contributed by atoms with Crippen molar-refractivity contribution in [2.75, 3.05) is 20.2 Å². The van der Waals surface area contributed by atoms with E-state index in [0.29, 0.717) is 13.0 Å². The third kappa shape index (κ3) is 1.78. The van der Waals surface area contributed by atoms with Crippen LogP contribution >= 0.6 is 23.2 Å². The van der Waals surface area contributed by atoms with Crippen LogP contribution in [0.15, 0.2) is 0 Å². The minimum Gasteiger partial charge on any atom is -0.395 e. The van der Waals surface area contributed by atoms with Crippen LogP contribution in [0.5, 0.6) is 0 Å². The summed E-state index contributed by atoms with van der Waals surface area (Å²) in [6.45, 7) is 2.01. The fourth-order valence-corrected chi connectivity index (χ4v) is 2.00. The van der Waals surface area contributed by atoms with Crippen LogP contribution < -0.4 is 0 Å². The van der Waals surface area contributed by atoms with Crippen LogP contribution in [0.2, 0.25) is 0 Å². The second-order valence-corrected chi connectivity index (χ2v) is 5.15. The summed E-state index contributed by atoms with van der Waals surface area (Å²) < 4.78 is -0.923. The molecule has 76 valence electrons. The normalized spacial score (nSPS) is 29.9. The summed E-state index contributed by atoms with van der Waals surface area (Å²) in [5.41, 5.74) is -0.667. The second-order valence-electron chi connectivity index (χ2n) is 3.66. The number of hydrogen-bond acceptors (Lipinski definition) is 2. The summed E-state index contributed by atoms with van der Waals surface area (Å²) in [6.07, 6.45) is 0.484. The van der Waals surface area contributed by atoms with Gasteiger partial charge in [0.2, 0.25) is 5.91 Å². The van der Waals surface area contributed by atoms with Gasteiger partial charge in [0.05, 0.1) is 12.0 Å². The highest BCUT2D eigenvalue weighted by Crippen LogP contribution is 2.64. The summed E-state index contributed by atoms with van der Waals surface area (Å²) in [4.78, 5) is 13.1. The van der Waals surface area contributed by atoms with E-state index < -0.39 is 9.75 Å². The molecule has 5 heteroatoms. The van der Waals surface area contributed by atoms with Crippen molar-refractivity contribution in [3.05, 3.63) is 0 Å². The molecule has 1 saturated carbocycles. The Kier molecular flexibility index (Phi) is 2.81. The second kappa shape index (κ2) is 3.30. The number of likely N-dealkylation sites (N-methyl/N-ethyl adjacent to an activating group) is 1. The van der Waals surface area contributed by atoms with Crippen molar-refractivity contribution in [1.82, 2.24) is 4.90 Å². The maximum atomic E-state index is 11.7. The Bertz CT molecular complexity index is 232. The number of amides is 1. The zero-order chi connectivity index (χ0) is 10.3. The smallest absolute Gasteiger partial charge is 0.231 e. The molecular weight excluding hydrogens is 213 g/mol. The van der Waals surface area contributed by atoms with Crippen LogP contribution in [0.4, 0.5) is 0 Å². The highest BCUT2D eigenvalue weighted by Gasteiger charge is 2.68. The molecule has 1 aliphatic carbocycles. The maximum absolute atomic E-state index is 11.7. The summed E-state index contributed by atoms with van der Waals surface area (Å²) >= 11 is 11.7. The van der Waals surface area contributed by atoms with E-state index in [-0.39, 0.29) is 12.5 Å². The molecule has 0 radical (unpaired) electrons. The lowest BCUT2D eigenvalue weighted by Crippen LogP contribution is -2.36. The number of aliphatic hydroxyl groups excluding tert-OH is 1. The van der Waals surface area contributed by atoms with Crippen molar-refractivity contribution in [2.45, 2.75) is 17.7 Å². The van der Waals surface area contributed by atoms with Crippen molar-refractivity contribution in [3.63, 3.8) is 0 Å². The Morgan fingerprint density at radius 3 is 2.38 bits per heavy atom. The summed E-state index contributed by atoms with van der Waals surface area (Å²) in [5, 5.41) is 8.64. The Labute approximate surface area is 87.6 Å². The van der Waals surface area contributed by atoms with Gasteiger partial charge in [0.15, 0.2) is 0 Å². The molecule has 13 heavy (non-hydrogen) atoms. The lowest BCUT2D eigenvalue weighted by molar-refractivity contribution is -0.135. The molecule has 1 rings (SSSR count). The molecule has 0 saturated heterocycles. The highest BCUT2D eigenvalue weighted by molar-refractivity contribution is 6.53.